The number of carbonyl (C=O) groups is 1. The molecule has 0 fully saturated rings. The van der Waals surface area contributed by atoms with Crippen LogP contribution in [0, 0.1) is 0 Å². The van der Waals surface area contributed by atoms with Gasteiger partial charge in [0.1, 0.15) is 5.75 Å². The molecule has 0 aliphatic rings. The predicted molar refractivity (Wildman–Crippen MR) is 61.9 cm³/mol. The Hall–Kier alpha value is -1.91. The summed E-state index contributed by atoms with van der Waals surface area (Å²) in [6.07, 6.45) is 0.580. The number of methoxy groups -OCH3 is 2. The van der Waals surface area contributed by atoms with Gasteiger partial charge in [-0.2, -0.15) is 0 Å². The zero-order chi connectivity index (χ0) is 12.7. The van der Waals surface area contributed by atoms with Gasteiger partial charge in [-0.25, -0.2) is 0 Å². The molecule has 0 radical (unpaired) electrons. The molecule has 0 saturated carbocycles. The van der Waals surface area contributed by atoms with Gasteiger partial charge >= 0.3 is 5.97 Å². The van der Waals surface area contributed by atoms with E-state index in [1.54, 1.807) is 32.4 Å². The Kier molecular flexibility index (Phi) is 5.13. The molecule has 0 heterocycles. The summed E-state index contributed by atoms with van der Waals surface area (Å²) in [6.45, 7) is 0.363. The van der Waals surface area contributed by atoms with Gasteiger partial charge in [0.25, 0.3) is 0 Å². The van der Waals surface area contributed by atoms with Crippen molar-refractivity contribution in [3.63, 3.8) is 0 Å². The first kappa shape index (κ1) is 13.2. The smallest absolute Gasteiger partial charge is 0.303 e. The van der Waals surface area contributed by atoms with Crippen molar-refractivity contribution in [1.82, 2.24) is 0 Å². The lowest BCUT2D eigenvalue weighted by Gasteiger charge is -2.10. The van der Waals surface area contributed by atoms with Crippen LogP contribution in [0.1, 0.15) is 12.8 Å². The molecule has 0 aromatic heterocycles. The van der Waals surface area contributed by atoms with Crippen molar-refractivity contribution in [1.29, 1.82) is 0 Å². The van der Waals surface area contributed by atoms with Crippen LogP contribution < -0.4 is 14.2 Å². The third kappa shape index (κ3) is 4.22. The third-order valence-electron chi connectivity index (χ3n) is 2.16. The Morgan fingerprint density at radius 2 is 1.94 bits per heavy atom. The van der Waals surface area contributed by atoms with Crippen LogP contribution in [-0.2, 0) is 4.79 Å². The molecule has 0 saturated heterocycles. The highest BCUT2D eigenvalue weighted by Crippen LogP contribution is 2.30. The van der Waals surface area contributed by atoms with Gasteiger partial charge in [-0.15, -0.1) is 0 Å². The van der Waals surface area contributed by atoms with E-state index < -0.39 is 5.97 Å². The van der Waals surface area contributed by atoms with Gasteiger partial charge in [0, 0.05) is 12.5 Å². The molecule has 0 aliphatic heterocycles. The Balaban J connectivity index is 2.51. The number of benzene rings is 1. The molecule has 0 amide bonds. The maximum absolute atomic E-state index is 10.3. The largest absolute Gasteiger partial charge is 0.493 e. The molecule has 0 atom stereocenters. The lowest BCUT2D eigenvalue weighted by Crippen LogP contribution is -2.02. The zero-order valence-corrected chi connectivity index (χ0v) is 9.93. The van der Waals surface area contributed by atoms with Crippen LogP contribution >= 0.6 is 0 Å². The van der Waals surface area contributed by atoms with Gasteiger partial charge < -0.3 is 19.3 Å². The number of aliphatic carboxylic acids is 1. The summed E-state index contributed by atoms with van der Waals surface area (Å²) in [4.78, 5) is 10.3. The minimum absolute atomic E-state index is 0.104. The first-order valence-electron chi connectivity index (χ1n) is 5.24. The lowest BCUT2D eigenvalue weighted by atomic mass is 10.3. The molecule has 5 nitrogen and oxygen atoms in total. The van der Waals surface area contributed by atoms with Crippen molar-refractivity contribution in [2.45, 2.75) is 12.8 Å². The average Bonchev–Trinajstić information content (AvgIpc) is 2.34. The van der Waals surface area contributed by atoms with Crippen LogP contribution in [-0.4, -0.2) is 31.9 Å². The fourth-order valence-electron chi connectivity index (χ4n) is 1.32. The fourth-order valence-corrected chi connectivity index (χ4v) is 1.32. The normalized spacial score (nSPS) is 9.76. The van der Waals surface area contributed by atoms with Crippen molar-refractivity contribution < 1.29 is 24.1 Å². The highest BCUT2D eigenvalue weighted by Gasteiger charge is 2.05. The molecule has 5 heteroatoms. The van der Waals surface area contributed by atoms with Gasteiger partial charge in [-0.05, 0) is 18.6 Å². The van der Waals surface area contributed by atoms with Crippen molar-refractivity contribution >= 4 is 5.97 Å². The molecule has 17 heavy (non-hydrogen) atoms. The third-order valence-corrected chi connectivity index (χ3v) is 2.16. The number of rotatable bonds is 7. The summed E-state index contributed by atoms with van der Waals surface area (Å²) in [7, 11) is 3.11. The maximum Gasteiger partial charge on any atom is 0.303 e. The molecule has 1 aromatic rings. The topological polar surface area (TPSA) is 65.0 Å². The summed E-state index contributed by atoms with van der Waals surface area (Å²) in [5, 5.41) is 8.47. The lowest BCUT2D eigenvalue weighted by molar-refractivity contribution is -0.137. The van der Waals surface area contributed by atoms with E-state index in [-0.39, 0.29) is 6.42 Å². The minimum Gasteiger partial charge on any atom is -0.493 e. The quantitative estimate of drug-likeness (QED) is 0.738. The molecule has 0 aliphatic carbocycles. The van der Waals surface area contributed by atoms with Crippen LogP contribution in [0.4, 0.5) is 0 Å². The highest BCUT2D eigenvalue weighted by molar-refractivity contribution is 5.66. The number of hydrogen-bond acceptors (Lipinski definition) is 4. The monoisotopic (exact) mass is 240 g/mol. The van der Waals surface area contributed by atoms with Crippen LogP contribution in [0.2, 0.25) is 0 Å². The van der Waals surface area contributed by atoms with Crippen LogP contribution in [0.15, 0.2) is 18.2 Å². The summed E-state index contributed by atoms with van der Waals surface area (Å²) in [5.41, 5.74) is 0. The Morgan fingerprint density at radius 3 is 2.53 bits per heavy atom. The van der Waals surface area contributed by atoms with Crippen molar-refractivity contribution in [2.75, 3.05) is 20.8 Å². The molecule has 1 N–H and O–H groups in total. The van der Waals surface area contributed by atoms with Gasteiger partial charge in [0.15, 0.2) is 11.5 Å². The first-order chi connectivity index (χ1) is 8.17. The van der Waals surface area contributed by atoms with E-state index in [0.717, 1.165) is 0 Å². The standard InChI is InChI=1S/C12H16O5/c1-15-10-6-5-9(8-11(10)16-2)17-7-3-4-12(13)14/h5-6,8H,3-4,7H2,1-2H3,(H,13,14). The molecular weight excluding hydrogens is 224 g/mol. The summed E-state index contributed by atoms with van der Waals surface area (Å²) < 4.78 is 15.6. The van der Waals surface area contributed by atoms with Crippen LogP contribution in [0.25, 0.3) is 0 Å². The Labute approximate surface area is 99.9 Å². The second-order valence-electron chi connectivity index (χ2n) is 3.36. The minimum atomic E-state index is -0.819. The number of carboxylic acids is 1. The average molecular weight is 240 g/mol. The molecule has 1 aromatic carbocycles. The van der Waals surface area contributed by atoms with Crippen molar-refractivity contribution in [3.8, 4) is 17.2 Å². The molecule has 94 valence electrons. The first-order valence-corrected chi connectivity index (χ1v) is 5.24. The zero-order valence-electron chi connectivity index (χ0n) is 9.93. The number of hydrogen-bond donors (Lipinski definition) is 1. The summed E-state index contributed by atoms with van der Waals surface area (Å²) in [6, 6.07) is 5.20. The maximum atomic E-state index is 10.3. The van der Waals surface area contributed by atoms with Crippen molar-refractivity contribution in [2.24, 2.45) is 0 Å². The summed E-state index contributed by atoms with van der Waals surface area (Å²) >= 11 is 0. The van der Waals surface area contributed by atoms with E-state index in [0.29, 0.717) is 30.3 Å². The van der Waals surface area contributed by atoms with Gasteiger partial charge in [0.05, 0.1) is 20.8 Å². The van der Waals surface area contributed by atoms with E-state index in [1.165, 1.54) is 0 Å². The molecule has 1 rings (SSSR count). The van der Waals surface area contributed by atoms with Crippen LogP contribution in [0.5, 0.6) is 17.2 Å². The summed E-state index contributed by atoms with van der Waals surface area (Å²) in [5.74, 6) is 1.03. The Morgan fingerprint density at radius 1 is 1.24 bits per heavy atom. The highest BCUT2D eigenvalue weighted by atomic mass is 16.5. The fraction of sp³-hybridized carbons (Fsp3) is 0.417. The Bertz CT molecular complexity index is 375. The van der Waals surface area contributed by atoms with E-state index in [9.17, 15) is 4.79 Å². The van der Waals surface area contributed by atoms with Gasteiger partial charge in [0.2, 0.25) is 0 Å². The SMILES string of the molecule is COc1ccc(OCCCC(=O)O)cc1OC. The van der Waals surface area contributed by atoms with E-state index in [1.807, 2.05) is 0 Å². The van der Waals surface area contributed by atoms with E-state index >= 15 is 0 Å². The second-order valence-corrected chi connectivity index (χ2v) is 3.36. The number of ether oxygens (including phenoxy) is 3. The molecule has 0 bridgehead atoms. The van der Waals surface area contributed by atoms with E-state index in [4.69, 9.17) is 19.3 Å². The predicted octanol–water partition coefficient (Wildman–Crippen LogP) is 1.95. The molecular formula is C12H16O5. The van der Waals surface area contributed by atoms with Gasteiger partial charge in [-0.1, -0.05) is 0 Å². The molecule has 0 spiro atoms. The van der Waals surface area contributed by atoms with Gasteiger partial charge in [-0.3, -0.25) is 4.79 Å². The number of carboxylic acid groups (broad SMARTS) is 1. The molecule has 0 unspecified atom stereocenters. The van der Waals surface area contributed by atoms with E-state index in [2.05, 4.69) is 0 Å². The van der Waals surface area contributed by atoms with Crippen molar-refractivity contribution in [3.05, 3.63) is 18.2 Å². The second kappa shape index (κ2) is 6.62. The van der Waals surface area contributed by atoms with Crippen LogP contribution in [0.3, 0.4) is 0 Å².